The molecule has 2 aliphatic rings. The number of carboxylic acids is 1. The highest BCUT2D eigenvalue weighted by atomic mass is 35.5. The Balaban J connectivity index is 1.74. The average molecular weight is 495 g/mol. The molecule has 32 heavy (non-hydrogen) atoms. The average Bonchev–Trinajstić information content (AvgIpc) is 2.84. The number of benzene rings is 2. The Hall–Kier alpha value is -2.41. The molecule has 1 aliphatic carbocycles. The van der Waals surface area contributed by atoms with Gasteiger partial charge < -0.3 is 5.11 Å². The Morgan fingerprint density at radius 2 is 1.72 bits per heavy atom. The van der Waals surface area contributed by atoms with Crippen LogP contribution in [0.25, 0.3) is 0 Å². The number of Topliss-reactive ketones (excluding diaryl/α,β-unsaturated/α-hetero) is 2. The van der Waals surface area contributed by atoms with Crippen molar-refractivity contribution in [3.63, 3.8) is 0 Å². The first-order valence-electron chi connectivity index (χ1n) is 9.94. The van der Waals surface area contributed by atoms with Gasteiger partial charge in [-0.1, -0.05) is 34.8 Å². The molecule has 1 amide bonds. The molecule has 1 fully saturated rings. The standard InChI is InChI=1S/C23H18Cl3NO5/c24-14-1-3-18(26)13(8-14)5-12-6-16(28)10-23(20(29)7-12)17-9-15(25)2-4-19(17)27(22(23)32)11-21(30)31/h1-4,8-9,12H,5-7,10-11H2,(H,30,31). The summed E-state index contributed by atoms with van der Waals surface area (Å²) in [4.78, 5) is 52.5. The molecule has 0 aromatic heterocycles. The number of ketones is 2. The quantitative estimate of drug-likeness (QED) is 0.632. The molecule has 0 bridgehead atoms. The van der Waals surface area contributed by atoms with Crippen molar-refractivity contribution in [2.45, 2.75) is 31.1 Å². The molecular formula is C23H18Cl3NO5. The van der Waals surface area contributed by atoms with Gasteiger partial charge in [-0.3, -0.25) is 24.1 Å². The van der Waals surface area contributed by atoms with Gasteiger partial charge in [0.25, 0.3) is 0 Å². The Kier molecular flexibility index (Phi) is 6.05. The van der Waals surface area contributed by atoms with Crippen LogP contribution < -0.4 is 4.90 Å². The van der Waals surface area contributed by atoms with Crippen LogP contribution in [0, 0.1) is 5.92 Å². The van der Waals surface area contributed by atoms with Crippen LogP contribution in [0.5, 0.6) is 0 Å². The molecule has 1 N–H and O–H groups in total. The van der Waals surface area contributed by atoms with Crippen LogP contribution in [0.1, 0.15) is 30.4 Å². The van der Waals surface area contributed by atoms with Crippen LogP contribution in [0.15, 0.2) is 36.4 Å². The zero-order chi connectivity index (χ0) is 23.2. The number of rotatable bonds is 4. The molecule has 6 nitrogen and oxygen atoms in total. The summed E-state index contributed by atoms with van der Waals surface area (Å²) in [5.74, 6) is -2.97. The second-order valence-corrected chi connectivity index (χ2v) is 9.48. The maximum atomic E-state index is 13.6. The number of fused-ring (bicyclic) bond motifs is 2. The van der Waals surface area contributed by atoms with E-state index in [9.17, 15) is 24.3 Å². The van der Waals surface area contributed by atoms with Gasteiger partial charge in [0.15, 0.2) is 5.78 Å². The van der Waals surface area contributed by atoms with Crippen LogP contribution >= 0.6 is 34.8 Å². The Labute approximate surface area is 199 Å². The maximum Gasteiger partial charge on any atom is 0.323 e. The van der Waals surface area contributed by atoms with Gasteiger partial charge >= 0.3 is 5.97 Å². The van der Waals surface area contributed by atoms with Crippen LogP contribution in [-0.2, 0) is 31.0 Å². The minimum absolute atomic E-state index is 0.0345. The van der Waals surface area contributed by atoms with Gasteiger partial charge in [-0.15, -0.1) is 0 Å². The molecule has 1 saturated carbocycles. The van der Waals surface area contributed by atoms with Gasteiger partial charge in [0, 0.05) is 45.6 Å². The predicted molar refractivity (Wildman–Crippen MR) is 121 cm³/mol. The van der Waals surface area contributed by atoms with Crippen molar-refractivity contribution >= 4 is 63.9 Å². The van der Waals surface area contributed by atoms with E-state index in [-0.39, 0.29) is 36.5 Å². The fourth-order valence-electron chi connectivity index (χ4n) is 4.73. The van der Waals surface area contributed by atoms with Gasteiger partial charge in [0.2, 0.25) is 5.91 Å². The van der Waals surface area contributed by atoms with E-state index in [0.29, 0.717) is 27.2 Å². The summed E-state index contributed by atoms with van der Waals surface area (Å²) in [6, 6.07) is 9.53. The van der Waals surface area contributed by atoms with Gasteiger partial charge in [-0.25, -0.2) is 0 Å². The normalized spacial score (nSPS) is 22.9. The molecule has 0 radical (unpaired) electrons. The summed E-state index contributed by atoms with van der Waals surface area (Å²) in [5.41, 5.74) is -0.468. The van der Waals surface area contributed by atoms with E-state index in [1.807, 2.05) is 0 Å². The highest BCUT2D eigenvalue weighted by molar-refractivity contribution is 6.33. The first-order chi connectivity index (χ1) is 15.1. The molecule has 2 aromatic carbocycles. The number of carboxylic acid groups (broad SMARTS) is 1. The van der Waals surface area contributed by atoms with Crippen molar-refractivity contribution in [2.24, 2.45) is 5.92 Å². The summed E-state index contributed by atoms with van der Waals surface area (Å²) in [7, 11) is 0. The number of aliphatic carboxylic acids is 1. The topological polar surface area (TPSA) is 91.8 Å². The molecule has 166 valence electrons. The zero-order valence-corrected chi connectivity index (χ0v) is 19.0. The minimum atomic E-state index is -1.76. The predicted octanol–water partition coefficient (Wildman–Crippen LogP) is 4.50. The van der Waals surface area contributed by atoms with Gasteiger partial charge in [0.1, 0.15) is 17.7 Å². The van der Waals surface area contributed by atoms with E-state index in [1.165, 1.54) is 18.2 Å². The molecule has 1 aliphatic heterocycles. The lowest BCUT2D eigenvalue weighted by molar-refractivity contribution is -0.140. The third-order valence-electron chi connectivity index (χ3n) is 6.06. The summed E-state index contributed by atoms with van der Waals surface area (Å²) in [6.07, 6.45) is 0.0852. The third-order valence-corrected chi connectivity index (χ3v) is 6.90. The van der Waals surface area contributed by atoms with Crippen molar-refractivity contribution in [2.75, 3.05) is 11.4 Å². The van der Waals surface area contributed by atoms with Crippen molar-refractivity contribution < 1.29 is 24.3 Å². The van der Waals surface area contributed by atoms with Crippen LogP contribution in [0.2, 0.25) is 15.1 Å². The first kappa shape index (κ1) is 22.8. The van der Waals surface area contributed by atoms with Gasteiger partial charge in [-0.05, 0) is 54.3 Å². The fraction of sp³-hybridized carbons (Fsp3) is 0.304. The number of hydrogen-bond donors (Lipinski definition) is 1. The molecule has 1 spiro atoms. The second-order valence-electron chi connectivity index (χ2n) is 8.20. The summed E-state index contributed by atoms with van der Waals surface area (Å²) in [5, 5.41) is 10.6. The van der Waals surface area contributed by atoms with Gasteiger partial charge in [0.05, 0.1) is 0 Å². The SMILES string of the molecule is O=C(O)CN1C(=O)C2(CC(=O)CC(Cc3cc(Cl)ccc3Cl)CC2=O)c2cc(Cl)ccc21. The number of hydrogen-bond acceptors (Lipinski definition) is 4. The Bertz CT molecular complexity index is 1160. The lowest BCUT2D eigenvalue weighted by Gasteiger charge is -2.25. The number of amides is 1. The first-order valence-corrected chi connectivity index (χ1v) is 11.1. The molecule has 2 unspecified atom stereocenters. The van der Waals surface area contributed by atoms with E-state index in [0.717, 1.165) is 10.5 Å². The molecule has 2 aromatic rings. The second kappa shape index (κ2) is 8.50. The summed E-state index contributed by atoms with van der Waals surface area (Å²) >= 11 is 18.5. The van der Waals surface area contributed by atoms with Gasteiger partial charge in [-0.2, -0.15) is 0 Å². The van der Waals surface area contributed by atoms with Crippen molar-refractivity contribution in [1.29, 1.82) is 0 Å². The van der Waals surface area contributed by atoms with Crippen LogP contribution in [0.4, 0.5) is 5.69 Å². The van der Waals surface area contributed by atoms with Crippen molar-refractivity contribution in [3.8, 4) is 0 Å². The third kappa shape index (κ3) is 3.91. The highest BCUT2D eigenvalue weighted by Gasteiger charge is 2.58. The molecule has 9 heteroatoms. The Morgan fingerprint density at radius 3 is 2.44 bits per heavy atom. The van der Waals surface area contributed by atoms with E-state index in [4.69, 9.17) is 34.8 Å². The number of carbonyl (C=O) groups is 4. The van der Waals surface area contributed by atoms with E-state index < -0.39 is 29.6 Å². The van der Waals surface area contributed by atoms with E-state index in [1.54, 1.807) is 18.2 Å². The van der Waals surface area contributed by atoms with Crippen LogP contribution in [0.3, 0.4) is 0 Å². The lowest BCUT2D eigenvalue weighted by Crippen LogP contribution is -2.48. The van der Waals surface area contributed by atoms with E-state index >= 15 is 0 Å². The lowest BCUT2D eigenvalue weighted by atomic mass is 9.73. The Morgan fingerprint density at radius 1 is 1.03 bits per heavy atom. The zero-order valence-electron chi connectivity index (χ0n) is 16.7. The number of nitrogens with zero attached hydrogens (tertiary/aromatic N) is 1. The monoisotopic (exact) mass is 493 g/mol. The van der Waals surface area contributed by atoms with E-state index in [2.05, 4.69) is 0 Å². The summed E-state index contributed by atoms with van der Waals surface area (Å²) < 4.78 is 0. The van der Waals surface area contributed by atoms with Crippen molar-refractivity contribution in [1.82, 2.24) is 0 Å². The molecule has 0 saturated heterocycles. The smallest absolute Gasteiger partial charge is 0.323 e. The number of carbonyl (C=O) groups excluding carboxylic acids is 3. The summed E-state index contributed by atoms with van der Waals surface area (Å²) in [6.45, 7) is -0.613. The number of anilines is 1. The maximum absolute atomic E-state index is 13.6. The number of halogens is 3. The molecular weight excluding hydrogens is 477 g/mol. The molecule has 2 atom stereocenters. The van der Waals surface area contributed by atoms with Crippen molar-refractivity contribution in [3.05, 3.63) is 62.6 Å². The minimum Gasteiger partial charge on any atom is -0.480 e. The van der Waals surface area contributed by atoms with Crippen LogP contribution in [-0.4, -0.2) is 35.1 Å². The molecule has 4 rings (SSSR count). The fourth-order valence-corrected chi connectivity index (χ4v) is 5.29. The highest BCUT2D eigenvalue weighted by Crippen LogP contribution is 2.48. The largest absolute Gasteiger partial charge is 0.480 e. The molecule has 1 heterocycles.